The van der Waals surface area contributed by atoms with Crippen LogP contribution in [0.1, 0.15) is 51.4 Å². The van der Waals surface area contributed by atoms with Crippen molar-refractivity contribution in [2.75, 3.05) is 26.2 Å². The lowest BCUT2D eigenvalue weighted by molar-refractivity contribution is 0.0578. The molecule has 3 rings (SSSR count). The molecule has 0 unspecified atom stereocenters. The summed E-state index contributed by atoms with van der Waals surface area (Å²) >= 11 is 0. The number of urea groups is 1. The summed E-state index contributed by atoms with van der Waals surface area (Å²) in [5, 5.41) is 3.19. The van der Waals surface area contributed by atoms with Gasteiger partial charge in [0, 0.05) is 25.2 Å². The van der Waals surface area contributed by atoms with Gasteiger partial charge in [-0.2, -0.15) is 0 Å². The predicted molar refractivity (Wildman–Crippen MR) is 76.2 cm³/mol. The summed E-state index contributed by atoms with van der Waals surface area (Å²) in [5.74, 6) is 0. The van der Waals surface area contributed by atoms with Crippen LogP contribution in [0.3, 0.4) is 0 Å². The Labute approximate surface area is 116 Å². The van der Waals surface area contributed by atoms with Crippen molar-refractivity contribution >= 4 is 6.03 Å². The lowest BCUT2D eigenvalue weighted by Gasteiger charge is -2.45. The Kier molecular flexibility index (Phi) is 4.26. The summed E-state index contributed by atoms with van der Waals surface area (Å²) in [5.41, 5.74) is 0. The molecular weight excluding hydrogens is 238 g/mol. The normalized spacial score (nSPS) is 27.1. The van der Waals surface area contributed by atoms with E-state index in [1.54, 1.807) is 0 Å². The first kappa shape index (κ1) is 13.2. The van der Waals surface area contributed by atoms with E-state index in [2.05, 4.69) is 10.2 Å². The fraction of sp³-hybridized carbons (Fsp3) is 0.933. The maximum atomic E-state index is 12.1. The van der Waals surface area contributed by atoms with Crippen LogP contribution >= 0.6 is 0 Å². The summed E-state index contributed by atoms with van der Waals surface area (Å²) in [6.07, 6.45) is 10.4. The number of nitrogens with one attached hydrogen (secondary N) is 1. The average molecular weight is 265 g/mol. The zero-order valence-corrected chi connectivity index (χ0v) is 11.9. The van der Waals surface area contributed by atoms with Crippen LogP contribution in [0, 0.1) is 0 Å². The molecule has 0 aromatic carbocycles. The molecule has 2 aliphatic heterocycles. The smallest absolute Gasteiger partial charge is 0.317 e. The second-order valence-electron chi connectivity index (χ2n) is 6.44. The zero-order valence-electron chi connectivity index (χ0n) is 11.9. The summed E-state index contributed by atoms with van der Waals surface area (Å²) in [6, 6.07) is 1.26. The molecule has 108 valence electrons. The van der Waals surface area contributed by atoms with Crippen LogP contribution < -0.4 is 5.32 Å². The number of carbonyl (C=O) groups excluding carboxylic acids is 1. The highest BCUT2D eigenvalue weighted by Crippen LogP contribution is 2.21. The molecule has 3 aliphatic rings. The van der Waals surface area contributed by atoms with Crippen LogP contribution in [0.15, 0.2) is 0 Å². The van der Waals surface area contributed by atoms with Gasteiger partial charge in [-0.15, -0.1) is 0 Å². The van der Waals surface area contributed by atoms with Gasteiger partial charge in [0.1, 0.15) is 0 Å². The Morgan fingerprint density at radius 1 is 0.895 bits per heavy atom. The molecule has 0 atom stereocenters. The molecule has 4 heteroatoms. The van der Waals surface area contributed by atoms with Crippen molar-refractivity contribution in [3.8, 4) is 0 Å². The van der Waals surface area contributed by atoms with Gasteiger partial charge in [0.2, 0.25) is 0 Å². The van der Waals surface area contributed by atoms with Crippen LogP contribution in [0.5, 0.6) is 0 Å². The highest BCUT2D eigenvalue weighted by atomic mass is 16.2. The third kappa shape index (κ3) is 3.22. The van der Waals surface area contributed by atoms with Crippen LogP contribution in [-0.4, -0.2) is 54.1 Å². The van der Waals surface area contributed by atoms with E-state index in [1.165, 1.54) is 64.5 Å². The first-order valence-electron chi connectivity index (χ1n) is 8.12. The average Bonchev–Trinajstić information content (AvgIpc) is 2.70. The highest BCUT2D eigenvalue weighted by Gasteiger charge is 2.35. The third-order valence-electron chi connectivity index (χ3n) is 4.99. The maximum absolute atomic E-state index is 12.1. The van der Waals surface area contributed by atoms with Crippen molar-refractivity contribution in [2.24, 2.45) is 0 Å². The number of nitrogens with zero attached hydrogens (tertiary/aromatic N) is 2. The second kappa shape index (κ2) is 6.12. The SMILES string of the molecule is O=C(NC1CCCC1)N1CC(N2CCCCCC2)C1. The molecule has 0 bridgehead atoms. The van der Waals surface area contributed by atoms with E-state index in [9.17, 15) is 4.79 Å². The van der Waals surface area contributed by atoms with Crippen molar-refractivity contribution in [3.05, 3.63) is 0 Å². The van der Waals surface area contributed by atoms with Gasteiger partial charge in [0.15, 0.2) is 0 Å². The van der Waals surface area contributed by atoms with E-state index in [1.807, 2.05) is 4.90 Å². The molecule has 3 fully saturated rings. The van der Waals surface area contributed by atoms with Gasteiger partial charge in [0.25, 0.3) is 0 Å². The molecule has 2 saturated heterocycles. The van der Waals surface area contributed by atoms with Crippen molar-refractivity contribution in [3.63, 3.8) is 0 Å². The molecule has 2 heterocycles. The molecule has 19 heavy (non-hydrogen) atoms. The molecule has 0 aromatic heterocycles. The fourth-order valence-electron chi connectivity index (χ4n) is 3.65. The van der Waals surface area contributed by atoms with E-state index in [-0.39, 0.29) is 6.03 Å². The van der Waals surface area contributed by atoms with Crippen molar-refractivity contribution in [1.82, 2.24) is 15.1 Å². The fourth-order valence-corrected chi connectivity index (χ4v) is 3.65. The van der Waals surface area contributed by atoms with Gasteiger partial charge in [-0.1, -0.05) is 25.7 Å². The van der Waals surface area contributed by atoms with Crippen LogP contribution in [0.4, 0.5) is 4.79 Å². The Morgan fingerprint density at radius 2 is 1.53 bits per heavy atom. The Bertz CT molecular complexity index is 301. The predicted octanol–water partition coefficient (Wildman–Crippen LogP) is 2.20. The topological polar surface area (TPSA) is 35.6 Å². The first-order chi connectivity index (χ1) is 9.33. The Hall–Kier alpha value is -0.770. The van der Waals surface area contributed by atoms with E-state index in [0.29, 0.717) is 12.1 Å². The van der Waals surface area contributed by atoms with Gasteiger partial charge >= 0.3 is 6.03 Å². The summed E-state index contributed by atoms with van der Waals surface area (Å²) in [4.78, 5) is 16.7. The second-order valence-corrected chi connectivity index (χ2v) is 6.44. The number of hydrogen-bond donors (Lipinski definition) is 1. The zero-order chi connectivity index (χ0) is 13.1. The molecule has 1 saturated carbocycles. The third-order valence-corrected chi connectivity index (χ3v) is 4.99. The van der Waals surface area contributed by atoms with E-state index in [4.69, 9.17) is 0 Å². The molecule has 0 radical (unpaired) electrons. The monoisotopic (exact) mass is 265 g/mol. The lowest BCUT2D eigenvalue weighted by Crippen LogP contribution is -2.63. The lowest BCUT2D eigenvalue weighted by atomic mass is 10.1. The molecular formula is C15H27N3O. The molecule has 1 N–H and O–H groups in total. The number of rotatable bonds is 2. The molecule has 4 nitrogen and oxygen atoms in total. The maximum Gasteiger partial charge on any atom is 0.317 e. The Morgan fingerprint density at radius 3 is 2.16 bits per heavy atom. The van der Waals surface area contributed by atoms with E-state index >= 15 is 0 Å². The minimum Gasteiger partial charge on any atom is -0.335 e. The highest BCUT2D eigenvalue weighted by molar-refractivity contribution is 5.75. The van der Waals surface area contributed by atoms with E-state index < -0.39 is 0 Å². The van der Waals surface area contributed by atoms with Gasteiger partial charge in [-0.05, 0) is 38.8 Å². The van der Waals surface area contributed by atoms with Gasteiger partial charge in [0.05, 0.1) is 0 Å². The van der Waals surface area contributed by atoms with Crippen molar-refractivity contribution in [1.29, 1.82) is 0 Å². The summed E-state index contributed by atoms with van der Waals surface area (Å²) in [6.45, 7) is 4.36. The van der Waals surface area contributed by atoms with Crippen molar-refractivity contribution < 1.29 is 4.79 Å². The standard InChI is InChI=1S/C15H27N3O/c19-15(16-13-7-3-4-8-13)18-11-14(12-18)17-9-5-1-2-6-10-17/h13-14H,1-12H2,(H,16,19). The van der Waals surface area contributed by atoms with Gasteiger partial charge in [-0.3, -0.25) is 4.90 Å². The quantitative estimate of drug-likeness (QED) is 0.831. The minimum absolute atomic E-state index is 0.179. The summed E-state index contributed by atoms with van der Waals surface area (Å²) in [7, 11) is 0. The van der Waals surface area contributed by atoms with Gasteiger partial charge < -0.3 is 10.2 Å². The summed E-state index contributed by atoms with van der Waals surface area (Å²) < 4.78 is 0. The molecule has 2 amide bonds. The van der Waals surface area contributed by atoms with Gasteiger partial charge in [-0.25, -0.2) is 4.79 Å². The number of hydrogen-bond acceptors (Lipinski definition) is 2. The van der Waals surface area contributed by atoms with Crippen LogP contribution in [-0.2, 0) is 0 Å². The van der Waals surface area contributed by atoms with Crippen LogP contribution in [0.2, 0.25) is 0 Å². The van der Waals surface area contributed by atoms with Crippen molar-refractivity contribution in [2.45, 2.75) is 63.5 Å². The minimum atomic E-state index is 0.179. The van der Waals surface area contributed by atoms with E-state index in [0.717, 1.165) is 13.1 Å². The molecule has 1 aliphatic carbocycles. The first-order valence-corrected chi connectivity index (χ1v) is 8.12. The number of likely N-dealkylation sites (tertiary alicyclic amines) is 2. The largest absolute Gasteiger partial charge is 0.335 e. The molecule has 0 aromatic rings. The van der Waals surface area contributed by atoms with Crippen LogP contribution in [0.25, 0.3) is 0 Å². The molecule has 0 spiro atoms. The number of amides is 2. The number of carbonyl (C=O) groups is 1. The Balaban J connectivity index is 1.40.